The molecule has 2 aromatic heterocycles. The van der Waals surface area contributed by atoms with Crippen molar-refractivity contribution in [3.8, 4) is 11.5 Å². The molecule has 0 fully saturated rings. The summed E-state index contributed by atoms with van der Waals surface area (Å²) in [7, 11) is -2.61. The molecule has 1 aliphatic rings. The predicted molar refractivity (Wildman–Crippen MR) is 111 cm³/mol. The lowest BCUT2D eigenvalue weighted by Gasteiger charge is -2.09. The van der Waals surface area contributed by atoms with Gasteiger partial charge in [-0.15, -0.1) is 11.3 Å². The normalized spacial score (nSPS) is 13.5. The number of benzene rings is 1. The number of rotatable bonds is 7. The van der Waals surface area contributed by atoms with Gasteiger partial charge in [0.15, 0.2) is 11.5 Å². The van der Waals surface area contributed by atoms with Crippen molar-refractivity contribution in [3.05, 3.63) is 50.8 Å². The lowest BCUT2D eigenvalue weighted by Crippen LogP contribution is -2.16. The van der Waals surface area contributed by atoms with Crippen molar-refractivity contribution in [3.63, 3.8) is 0 Å². The highest BCUT2D eigenvalue weighted by atomic mass is 35.5. The van der Waals surface area contributed by atoms with Gasteiger partial charge in [-0.1, -0.05) is 28.0 Å². The summed E-state index contributed by atoms with van der Waals surface area (Å²) in [6.07, 6.45) is 0.315. The lowest BCUT2D eigenvalue weighted by atomic mass is 10.1. The molecule has 4 rings (SSSR count). The molecule has 0 amide bonds. The zero-order valence-corrected chi connectivity index (χ0v) is 18.2. The molecule has 3 heterocycles. The molecular formula is C18H16ClN3O6S2. The summed E-state index contributed by atoms with van der Waals surface area (Å²) >= 11 is 7.26. The lowest BCUT2D eigenvalue weighted by molar-refractivity contribution is 0.174. The van der Waals surface area contributed by atoms with Crippen molar-refractivity contribution in [1.82, 2.24) is 5.16 Å². The number of sulfonamides is 1. The van der Waals surface area contributed by atoms with Crippen LogP contribution in [-0.2, 0) is 21.3 Å². The van der Waals surface area contributed by atoms with Crippen molar-refractivity contribution < 1.29 is 27.3 Å². The number of anilines is 1. The molecule has 158 valence electrons. The monoisotopic (exact) mass is 469 g/mol. The number of ether oxygens (including phenoxy) is 2. The number of hydrogen-bond donors (Lipinski definition) is 1. The maximum Gasteiger partial charge on any atom is 0.265 e. The minimum atomic E-state index is -4.01. The van der Waals surface area contributed by atoms with E-state index in [2.05, 4.69) is 15.0 Å². The van der Waals surface area contributed by atoms with Crippen LogP contribution < -0.4 is 14.2 Å². The van der Waals surface area contributed by atoms with E-state index in [0.717, 1.165) is 5.56 Å². The molecule has 3 aromatic rings. The molecule has 0 atom stereocenters. The van der Waals surface area contributed by atoms with Gasteiger partial charge in [-0.25, -0.2) is 13.1 Å². The van der Waals surface area contributed by atoms with Crippen molar-refractivity contribution >= 4 is 44.6 Å². The van der Waals surface area contributed by atoms with E-state index in [1.807, 2.05) is 12.1 Å². The van der Waals surface area contributed by atoms with Gasteiger partial charge >= 0.3 is 0 Å². The highest BCUT2D eigenvalue weighted by Gasteiger charge is 2.27. The largest absolute Gasteiger partial charge is 0.454 e. The molecule has 0 spiro atoms. The van der Waals surface area contributed by atoms with Crippen LogP contribution in [-0.4, -0.2) is 33.2 Å². The van der Waals surface area contributed by atoms with Crippen LogP contribution in [0.5, 0.6) is 11.5 Å². The molecule has 0 saturated carbocycles. The molecule has 1 N–H and O–H groups in total. The van der Waals surface area contributed by atoms with Crippen LogP contribution in [0, 0.1) is 6.92 Å². The van der Waals surface area contributed by atoms with Gasteiger partial charge in [0, 0.05) is 6.42 Å². The zero-order valence-electron chi connectivity index (χ0n) is 15.8. The van der Waals surface area contributed by atoms with Crippen LogP contribution >= 0.6 is 22.9 Å². The molecule has 0 aliphatic carbocycles. The number of nitrogens with one attached hydrogen (secondary N) is 1. The summed E-state index contributed by atoms with van der Waals surface area (Å²) in [5, 5.41) is 9.47. The number of nitrogens with zero attached hydrogens (tertiary/aromatic N) is 2. The van der Waals surface area contributed by atoms with E-state index >= 15 is 0 Å². The third kappa shape index (κ3) is 3.95. The summed E-state index contributed by atoms with van der Waals surface area (Å²) in [6, 6.07) is 6.95. The topological polar surface area (TPSA) is 112 Å². The van der Waals surface area contributed by atoms with Gasteiger partial charge in [-0.05, 0) is 36.1 Å². The highest BCUT2D eigenvalue weighted by molar-refractivity contribution is 7.93. The second kappa shape index (κ2) is 8.17. The molecule has 1 aliphatic heterocycles. The predicted octanol–water partition coefficient (Wildman–Crippen LogP) is 3.82. The number of oxime groups is 1. The maximum atomic E-state index is 13.0. The smallest absolute Gasteiger partial charge is 0.265 e. The minimum absolute atomic E-state index is 0.0224. The van der Waals surface area contributed by atoms with Crippen LogP contribution in [0.25, 0.3) is 0 Å². The zero-order chi connectivity index (χ0) is 21.3. The fourth-order valence-corrected chi connectivity index (χ4v) is 5.43. The van der Waals surface area contributed by atoms with Crippen molar-refractivity contribution in [2.45, 2.75) is 18.2 Å². The van der Waals surface area contributed by atoms with E-state index < -0.39 is 10.0 Å². The van der Waals surface area contributed by atoms with Crippen LogP contribution in [0.1, 0.15) is 16.1 Å². The van der Waals surface area contributed by atoms with E-state index in [1.165, 1.54) is 24.5 Å². The first kappa shape index (κ1) is 20.5. The number of hydrogen-bond acceptors (Lipinski definition) is 9. The molecule has 0 unspecified atom stereocenters. The van der Waals surface area contributed by atoms with Gasteiger partial charge in [0.25, 0.3) is 15.9 Å². The van der Waals surface area contributed by atoms with Gasteiger partial charge in [0.05, 0.1) is 4.88 Å². The SMILES string of the molecule is CON=C(Cc1ccc2c(c1)OCO2)c1sccc1S(=O)(=O)Nc1onc(C)c1Cl. The Hall–Kier alpha value is -2.76. The average molecular weight is 470 g/mol. The van der Waals surface area contributed by atoms with Gasteiger partial charge in [-0.3, -0.25) is 0 Å². The van der Waals surface area contributed by atoms with Crippen molar-refractivity contribution in [2.24, 2.45) is 5.16 Å². The number of fused-ring (bicyclic) bond motifs is 1. The number of aryl methyl sites for hydroxylation is 1. The van der Waals surface area contributed by atoms with Crippen molar-refractivity contribution in [2.75, 3.05) is 18.6 Å². The van der Waals surface area contributed by atoms with Gasteiger partial charge in [-0.2, -0.15) is 0 Å². The summed E-state index contributed by atoms with van der Waals surface area (Å²) in [5.74, 6) is 1.14. The fraction of sp³-hybridized carbons (Fsp3) is 0.222. The first-order valence-corrected chi connectivity index (χ1v) is 11.3. The molecule has 12 heteroatoms. The molecule has 0 radical (unpaired) electrons. The van der Waals surface area contributed by atoms with E-state index in [1.54, 1.807) is 18.4 Å². The Morgan fingerprint density at radius 1 is 1.33 bits per heavy atom. The summed E-state index contributed by atoms with van der Waals surface area (Å²) < 4.78 is 44.0. The quantitative estimate of drug-likeness (QED) is 0.413. The van der Waals surface area contributed by atoms with Crippen molar-refractivity contribution in [1.29, 1.82) is 0 Å². The Morgan fingerprint density at radius 3 is 2.87 bits per heavy atom. The molecule has 9 nitrogen and oxygen atoms in total. The number of aromatic nitrogens is 1. The molecule has 1 aromatic carbocycles. The third-order valence-electron chi connectivity index (χ3n) is 4.21. The Labute approximate surface area is 181 Å². The van der Waals surface area contributed by atoms with Crippen LogP contribution in [0.15, 0.2) is 44.2 Å². The Morgan fingerprint density at radius 2 is 2.13 bits per heavy atom. The molecule has 30 heavy (non-hydrogen) atoms. The number of thiophene rings is 1. The van der Waals surface area contributed by atoms with E-state index in [0.29, 0.717) is 34.2 Å². The Balaban J connectivity index is 1.65. The summed E-state index contributed by atoms with van der Waals surface area (Å²) in [5.41, 5.74) is 1.67. The van der Waals surface area contributed by atoms with E-state index in [-0.39, 0.29) is 22.6 Å². The van der Waals surface area contributed by atoms with E-state index in [4.69, 9.17) is 30.4 Å². The number of halogens is 1. The van der Waals surface area contributed by atoms with Crippen LogP contribution in [0.4, 0.5) is 5.88 Å². The first-order valence-electron chi connectivity index (χ1n) is 8.60. The first-order chi connectivity index (χ1) is 14.4. The second-order valence-corrected chi connectivity index (χ2v) is 9.16. The fourth-order valence-electron chi connectivity index (χ4n) is 2.83. The molecule has 0 saturated heterocycles. The van der Waals surface area contributed by atoms with Crippen LogP contribution in [0.3, 0.4) is 0 Å². The standard InChI is InChI=1S/C18H16ClN3O6S2/c1-10-16(19)18(28-20-10)22-30(23,24)15-5-6-29-17(15)12(21-25-2)7-11-3-4-13-14(8-11)27-9-26-13/h3-6,8,22H,7,9H2,1-2H3. The summed E-state index contributed by atoms with van der Waals surface area (Å²) in [6.45, 7) is 1.77. The van der Waals surface area contributed by atoms with E-state index in [9.17, 15) is 8.42 Å². The van der Waals surface area contributed by atoms with Crippen LogP contribution in [0.2, 0.25) is 5.02 Å². The Kier molecular flexibility index (Phi) is 5.58. The van der Waals surface area contributed by atoms with Gasteiger partial charge < -0.3 is 18.8 Å². The second-order valence-electron chi connectivity index (χ2n) is 6.22. The molecular weight excluding hydrogens is 454 g/mol. The van der Waals surface area contributed by atoms with Gasteiger partial charge in [0.1, 0.15) is 28.4 Å². The summed E-state index contributed by atoms with van der Waals surface area (Å²) in [4.78, 5) is 5.42. The maximum absolute atomic E-state index is 13.0. The minimum Gasteiger partial charge on any atom is -0.454 e. The third-order valence-corrected chi connectivity index (χ3v) is 7.12. The Bertz CT molecular complexity index is 1220. The average Bonchev–Trinajstić information content (AvgIpc) is 3.44. The highest BCUT2D eigenvalue weighted by Crippen LogP contribution is 2.34. The molecule has 0 bridgehead atoms. The van der Waals surface area contributed by atoms with Gasteiger partial charge in [0.2, 0.25) is 6.79 Å².